The van der Waals surface area contributed by atoms with Crippen molar-refractivity contribution in [1.82, 2.24) is 4.31 Å². The lowest BCUT2D eigenvalue weighted by molar-refractivity contribution is 0.414. The summed E-state index contributed by atoms with van der Waals surface area (Å²) in [5, 5.41) is 0. The van der Waals surface area contributed by atoms with Crippen LogP contribution in [0.1, 0.15) is 13.8 Å². The molecule has 0 fully saturated rings. The van der Waals surface area contributed by atoms with E-state index < -0.39 is 16.0 Å². The molecular formula is C10H14FIN2O2S. The molecule has 96 valence electrons. The van der Waals surface area contributed by atoms with Crippen molar-refractivity contribution in [1.29, 1.82) is 0 Å². The van der Waals surface area contributed by atoms with Crippen LogP contribution in [0.25, 0.3) is 0 Å². The summed E-state index contributed by atoms with van der Waals surface area (Å²) in [4.78, 5) is 0. The van der Waals surface area contributed by atoms with Gasteiger partial charge in [0, 0.05) is 16.7 Å². The van der Waals surface area contributed by atoms with Crippen LogP contribution in [-0.2, 0) is 10.2 Å². The molecule has 0 aliphatic carbocycles. The third-order valence-electron chi connectivity index (χ3n) is 2.28. The van der Waals surface area contributed by atoms with Gasteiger partial charge in [0.1, 0.15) is 5.82 Å². The number of benzene rings is 1. The molecule has 7 heteroatoms. The van der Waals surface area contributed by atoms with Gasteiger partial charge in [0.05, 0.1) is 5.69 Å². The zero-order chi connectivity index (χ0) is 13.2. The van der Waals surface area contributed by atoms with Crippen molar-refractivity contribution in [3.8, 4) is 0 Å². The van der Waals surface area contributed by atoms with E-state index in [1.807, 2.05) is 22.6 Å². The fourth-order valence-electron chi connectivity index (χ4n) is 1.06. The lowest BCUT2D eigenvalue weighted by Gasteiger charge is -2.22. The van der Waals surface area contributed by atoms with Crippen molar-refractivity contribution >= 4 is 38.5 Å². The molecule has 0 aromatic heterocycles. The molecule has 4 nitrogen and oxygen atoms in total. The van der Waals surface area contributed by atoms with E-state index in [4.69, 9.17) is 0 Å². The molecule has 0 spiro atoms. The lowest BCUT2D eigenvalue weighted by atomic mass is 10.3. The molecule has 1 N–H and O–H groups in total. The maximum atomic E-state index is 12.9. The summed E-state index contributed by atoms with van der Waals surface area (Å²) < 4.78 is 40.8. The molecular weight excluding hydrogens is 358 g/mol. The van der Waals surface area contributed by atoms with Crippen molar-refractivity contribution in [2.45, 2.75) is 19.9 Å². The van der Waals surface area contributed by atoms with Crippen LogP contribution in [0.3, 0.4) is 0 Å². The van der Waals surface area contributed by atoms with Gasteiger partial charge in [-0.05, 0) is 54.6 Å². The first-order valence-electron chi connectivity index (χ1n) is 4.95. The standard InChI is InChI=1S/C10H14FIN2O2S/c1-7(2)14(3)17(15,16)13-10-5-4-8(11)6-9(10)12/h4-7,13H,1-3H3. The first kappa shape index (κ1) is 14.7. The van der Waals surface area contributed by atoms with E-state index in [1.54, 1.807) is 13.8 Å². The molecule has 0 unspecified atom stereocenters. The summed E-state index contributed by atoms with van der Waals surface area (Å²) in [6.07, 6.45) is 0. The van der Waals surface area contributed by atoms with Gasteiger partial charge < -0.3 is 0 Å². The second-order valence-electron chi connectivity index (χ2n) is 3.84. The SMILES string of the molecule is CC(C)N(C)S(=O)(=O)Nc1ccc(F)cc1I. The smallest absolute Gasteiger partial charge is 0.270 e. The second-order valence-corrected chi connectivity index (χ2v) is 6.73. The first-order chi connectivity index (χ1) is 7.74. The largest absolute Gasteiger partial charge is 0.301 e. The molecule has 0 aliphatic heterocycles. The molecule has 0 amide bonds. The molecule has 17 heavy (non-hydrogen) atoms. The van der Waals surface area contributed by atoms with E-state index in [0.29, 0.717) is 9.26 Å². The van der Waals surface area contributed by atoms with Gasteiger partial charge in [0.15, 0.2) is 0 Å². The number of nitrogens with one attached hydrogen (secondary N) is 1. The number of hydrogen-bond acceptors (Lipinski definition) is 2. The van der Waals surface area contributed by atoms with E-state index in [9.17, 15) is 12.8 Å². The Labute approximate surface area is 115 Å². The summed E-state index contributed by atoms with van der Waals surface area (Å²) >= 11 is 1.88. The minimum Gasteiger partial charge on any atom is -0.270 e. The summed E-state index contributed by atoms with van der Waals surface area (Å²) in [5.74, 6) is -0.394. The van der Waals surface area contributed by atoms with Crippen molar-refractivity contribution in [3.63, 3.8) is 0 Å². The van der Waals surface area contributed by atoms with Crippen molar-refractivity contribution < 1.29 is 12.8 Å². The van der Waals surface area contributed by atoms with Crippen LogP contribution in [0.5, 0.6) is 0 Å². The Balaban J connectivity index is 2.98. The topological polar surface area (TPSA) is 49.4 Å². The molecule has 0 saturated carbocycles. The Bertz CT molecular complexity index is 505. The first-order valence-corrected chi connectivity index (χ1v) is 7.46. The minimum absolute atomic E-state index is 0.148. The highest BCUT2D eigenvalue weighted by Gasteiger charge is 2.21. The number of anilines is 1. The third kappa shape index (κ3) is 3.78. The predicted molar refractivity (Wildman–Crippen MR) is 74.6 cm³/mol. The molecule has 0 heterocycles. The summed E-state index contributed by atoms with van der Waals surface area (Å²) in [5.41, 5.74) is 0.375. The number of hydrogen-bond donors (Lipinski definition) is 1. The van der Waals surface area contributed by atoms with Crippen molar-refractivity contribution in [2.75, 3.05) is 11.8 Å². The van der Waals surface area contributed by atoms with Gasteiger partial charge in [-0.25, -0.2) is 4.39 Å². The Kier molecular flexibility index (Phi) is 4.73. The Morgan fingerprint density at radius 2 is 2.00 bits per heavy atom. The van der Waals surface area contributed by atoms with E-state index >= 15 is 0 Å². The average Bonchev–Trinajstić information content (AvgIpc) is 2.21. The van der Waals surface area contributed by atoms with Crippen LogP contribution < -0.4 is 4.72 Å². The van der Waals surface area contributed by atoms with Crippen LogP contribution in [0.15, 0.2) is 18.2 Å². The van der Waals surface area contributed by atoms with E-state index in [1.165, 1.54) is 29.6 Å². The maximum absolute atomic E-state index is 12.9. The van der Waals surface area contributed by atoms with E-state index in [0.717, 1.165) is 0 Å². The third-order valence-corrected chi connectivity index (χ3v) is 4.83. The van der Waals surface area contributed by atoms with Gasteiger partial charge in [0.25, 0.3) is 0 Å². The fourth-order valence-corrected chi connectivity index (χ4v) is 3.01. The van der Waals surface area contributed by atoms with Crippen molar-refractivity contribution in [3.05, 3.63) is 27.6 Å². The van der Waals surface area contributed by atoms with Gasteiger partial charge in [-0.3, -0.25) is 4.72 Å². The van der Waals surface area contributed by atoms with Crippen LogP contribution in [0, 0.1) is 9.39 Å². The number of halogens is 2. The van der Waals surface area contributed by atoms with E-state index in [2.05, 4.69) is 4.72 Å². The van der Waals surface area contributed by atoms with Gasteiger partial charge >= 0.3 is 10.2 Å². The summed E-state index contributed by atoms with van der Waals surface area (Å²) in [7, 11) is -2.10. The molecule has 0 aliphatic rings. The summed E-state index contributed by atoms with van der Waals surface area (Å²) in [6.45, 7) is 3.55. The molecule has 1 rings (SSSR count). The molecule has 1 aromatic carbocycles. The molecule has 0 saturated heterocycles. The van der Waals surface area contributed by atoms with Crippen molar-refractivity contribution in [2.24, 2.45) is 0 Å². The van der Waals surface area contributed by atoms with Crippen LogP contribution >= 0.6 is 22.6 Å². The van der Waals surface area contributed by atoms with Gasteiger partial charge in [-0.15, -0.1) is 0 Å². The molecule has 1 aromatic rings. The highest BCUT2D eigenvalue weighted by Crippen LogP contribution is 2.21. The molecule has 0 radical (unpaired) electrons. The Morgan fingerprint density at radius 3 is 2.47 bits per heavy atom. The van der Waals surface area contributed by atoms with Gasteiger partial charge in [0.2, 0.25) is 0 Å². The quantitative estimate of drug-likeness (QED) is 0.826. The number of rotatable bonds is 4. The molecule has 0 atom stereocenters. The lowest BCUT2D eigenvalue weighted by Crippen LogP contribution is -2.37. The Hall–Kier alpha value is -0.410. The van der Waals surface area contributed by atoms with Gasteiger partial charge in [-0.1, -0.05) is 0 Å². The zero-order valence-electron chi connectivity index (χ0n) is 9.74. The molecule has 0 bridgehead atoms. The highest BCUT2D eigenvalue weighted by atomic mass is 127. The zero-order valence-corrected chi connectivity index (χ0v) is 12.7. The number of nitrogens with zero attached hydrogens (tertiary/aromatic N) is 1. The average molecular weight is 372 g/mol. The Morgan fingerprint density at radius 1 is 1.41 bits per heavy atom. The minimum atomic E-state index is -3.59. The highest BCUT2D eigenvalue weighted by molar-refractivity contribution is 14.1. The predicted octanol–water partition coefficient (Wildman–Crippen LogP) is 2.43. The van der Waals surface area contributed by atoms with Crippen LogP contribution in [0.2, 0.25) is 0 Å². The van der Waals surface area contributed by atoms with Gasteiger partial charge in [-0.2, -0.15) is 12.7 Å². The summed E-state index contributed by atoms with van der Waals surface area (Å²) in [6, 6.07) is 3.75. The normalized spacial score (nSPS) is 12.2. The second kappa shape index (κ2) is 5.49. The van der Waals surface area contributed by atoms with Crippen LogP contribution in [0.4, 0.5) is 10.1 Å². The van der Waals surface area contributed by atoms with E-state index in [-0.39, 0.29) is 6.04 Å². The maximum Gasteiger partial charge on any atom is 0.301 e. The van der Waals surface area contributed by atoms with Crippen LogP contribution in [-0.4, -0.2) is 25.8 Å². The fraction of sp³-hybridized carbons (Fsp3) is 0.400. The monoisotopic (exact) mass is 372 g/mol.